The summed E-state index contributed by atoms with van der Waals surface area (Å²) in [5.41, 5.74) is 1.22. The molecule has 0 spiro atoms. The van der Waals surface area contributed by atoms with Crippen molar-refractivity contribution in [1.82, 2.24) is 0 Å². The van der Waals surface area contributed by atoms with E-state index in [4.69, 9.17) is 0 Å². The number of rotatable bonds is 0. The maximum absolute atomic E-state index is 9.46. The molecule has 2 aromatic rings. The molecule has 0 aliphatic carbocycles. The van der Waals surface area contributed by atoms with Gasteiger partial charge in [0, 0.05) is 5.39 Å². The van der Waals surface area contributed by atoms with Crippen LogP contribution in [0.25, 0.3) is 10.8 Å². The molecule has 0 radical (unpaired) electrons. The molecule has 0 atom stereocenters. The average Bonchev–Trinajstić information content (AvgIpc) is 2.34. The van der Waals surface area contributed by atoms with E-state index in [2.05, 4.69) is 6.07 Å². The van der Waals surface area contributed by atoms with E-state index in [-0.39, 0.29) is 0 Å². The van der Waals surface area contributed by atoms with E-state index in [0.29, 0.717) is 5.75 Å². The molecule has 0 aliphatic heterocycles. The lowest BCUT2D eigenvalue weighted by atomic mass is 10.1. The van der Waals surface area contributed by atoms with Crippen molar-refractivity contribution in [1.29, 1.82) is 0 Å². The zero-order valence-electron chi connectivity index (χ0n) is 10.9. The number of aryl methyl sites for hydroxylation is 1. The Balaban J connectivity index is 0.000000509. The minimum Gasteiger partial charge on any atom is -0.507 e. The zero-order valence-corrected chi connectivity index (χ0v) is 10.9. The molecular weight excluding hydrogens is 196 g/mol. The maximum atomic E-state index is 9.46. The van der Waals surface area contributed by atoms with Gasteiger partial charge in [-0.3, -0.25) is 0 Å². The Labute approximate surface area is 98.7 Å². The molecule has 16 heavy (non-hydrogen) atoms. The van der Waals surface area contributed by atoms with E-state index in [1.54, 1.807) is 6.07 Å². The van der Waals surface area contributed by atoms with Gasteiger partial charge in [-0.25, -0.2) is 0 Å². The first-order valence-corrected chi connectivity index (χ1v) is 5.96. The van der Waals surface area contributed by atoms with Crippen LogP contribution in [0.2, 0.25) is 0 Å². The van der Waals surface area contributed by atoms with Crippen LogP contribution < -0.4 is 0 Å². The molecule has 0 bridgehead atoms. The highest BCUT2D eigenvalue weighted by Gasteiger charge is 1.96. The van der Waals surface area contributed by atoms with Gasteiger partial charge in [0.25, 0.3) is 0 Å². The summed E-state index contributed by atoms with van der Waals surface area (Å²) in [6, 6.07) is 11.6. The second kappa shape index (κ2) is 7.75. The molecule has 0 heterocycles. The SMILES string of the molecule is CC.CC.Cc1ccc2c(O)cccc2c1. The topological polar surface area (TPSA) is 20.2 Å². The normalized spacial score (nSPS) is 8.56. The van der Waals surface area contributed by atoms with E-state index in [9.17, 15) is 5.11 Å². The Morgan fingerprint density at radius 1 is 0.875 bits per heavy atom. The molecule has 0 saturated heterocycles. The van der Waals surface area contributed by atoms with E-state index in [1.165, 1.54) is 5.56 Å². The van der Waals surface area contributed by atoms with Gasteiger partial charge in [0.05, 0.1) is 0 Å². The quantitative estimate of drug-likeness (QED) is 0.666. The molecule has 2 rings (SSSR count). The molecule has 0 amide bonds. The summed E-state index contributed by atoms with van der Waals surface area (Å²) in [6.07, 6.45) is 0. The van der Waals surface area contributed by atoms with Crippen LogP contribution >= 0.6 is 0 Å². The van der Waals surface area contributed by atoms with Gasteiger partial charge >= 0.3 is 0 Å². The van der Waals surface area contributed by atoms with Gasteiger partial charge in [0.1, 0.15) is 5.75 Å². The van der Waals surface area contributed by atoms with Crippen molar-refractivity contribution in [2.75, 3.05) is 0 Å². The van der Waals surface area contributed by atoms with Crippen molar-refractivity contribution < 1.29 is 5.11 Å². The van der Waals surface area contributed by atoms with Crippen molar-refractivity contribution in [3.63, 3.8) is 0 Å². The fraction of sp³-hybridized carbons (Fsp3) is 0.333. The van der Waals surface area contributed by atoms with Crippen molar-refractivity contribution >= 4 is 10.8 Å². The predicted octanol–water partition coefficient (Wildman–Crippen LogP) is 4.91. The molecule has 88 valence electrons. The smallest absolute Gasteiger partial charge is 0.123 e. The van der Waals surface area contributed by atoms with E-state index in [1.807, 2.05) is 58.9 Å². The van der Waals surface area contributed by atoms with Gasteiger partial charge < -0.3 is 5.11 Å². The van der Waals surface area contributed by atoms with Crippen LogP contribution in [0.3, 0.4) is 0 Å². The Morgan fingerprint density at radius 2 is 1.50 bits per heavy atom. The second-order valence-electron chi connectivity index (χ2n) is 3.00. The third-order valence-corrected chi connectivity index (χ3v) is 2.01. The molecule has 0 aromatic heterocycles. The Hall–Kier alpha value is -1.50. The number of aromatic hydroxyl groups is 1. The molecule has 0 aliphatic rings. The molecule has 2 aromatic carbocycles. The average molecular weight is 218 g/mol. The van der Waals surface area contributed by atoms with Crippen LogP contribution in [0.15, 0.2) is 36.4 Å². The summed E-state index contributed by atoms with van der Waals surface area (Å²) in [7, 11) is 0. The molecule has 0 saturated carbocycles. The monoisotopic (exact) mass is 218 g/mol. The van der Waals surface area contributed by atoms with Gasteiger partial charge in [-0.05, 0) is 18.4 Å². The lowest BCUT2D eigenvalue weighted by molar-refractivity contribution is 0.481. The molecular formula is C15H22O. The number of phenols is 1. The van der Waals surface area contributed by atoms with Crippen LogP contribution in [-0.4, -0.2) is 5.11 Å². The summed E-state index contributed by atoms with van der Waals surface area (Å²) in [4.78, 5) is 0. The number of hydrogen-bond acceptors (Lipinski definition) is 1. The number of hydrogen-bond donors (Lipinski definition) is 1. The minimum absolute atomic E-state index is 0.354. The van der Waals surface area contributed by atoms with E-state index < -0.39 is 0 Å². The van der Waals surface area contributed by atoms with Crippen molar-refractivity contribution in [2.24, 2.45) is 0 Å². The largest absolute Gasteiger partial charge is 0.507 e. The third-order valence-electron chi connectivity index (χ3n) is 2.01. The van der Waals surface area contributed by atoms with Crippen molar-refractivity contribution in [2.45, 2.75) is 34.6 Å². The summed E-state index contributed by atoms with van der Waals surface area (Å²) >= 11 is 0. The first-order valence-electron chi connectivity index (χ1n) is 5.96. The van der Waals surface area contributed by atoms with Crippen molar-refractivity contribution in [3.05, 3.63) is 42.0 Å². The highest BCUT2D eigenvalue weighted by molar-refractivity contribution is 5.88. The lowest BCUT2D eigenvalue weighted by Gasteiger charge is -2.00. The molecule has 1 N–H and O–H groups in total. The van der Waals surface area contributed by atoms with Crippen molar-refractivity contribution in [3.8, 4) is 5.75 Å². The van der Waals surface area contributed by atoms with Gasteiger partial charge in [0.2, 0.25) is 0 Å². The Morgan fingerprint density at radius 3 is 2.12 bits per heavy atom. The molecule has 1 heteroatoms. The highest BCUT2D eigenvalue weighted by atomic mass is 16.3. The maximum Gasteiger partial charge on any atom is 0.123 e. The van der Waals surface area contributed by atoms with Gasteiger partial charge in [-0.1, -0.05) is 63.6 Å². The van der Waals surface area contributed by atoms with Crippen LogP contribution in [0.5, 0.6) is 5.75 Å². The van der Waals surface area contributed by atoms with E-state index >= 15 is 0 Å². The number of fused-ring (bicyclic) bond motifs is 1. The second-order valence-corrected chi connectivity index (χ2v) is 3.00. The van der Waals surface area contributed by atoms with Crippen LogP contribution in [0.4, 0.5) is 0 Å². The van der Waals surface area contributed by atoms with Crippen LogP contribution in [0.1, 0.15) is 33.3 Å². The Kier molecular flexibility index (Phi) is 7.02. The van der Waals surface area contributed by atoms with Crippen LogP contribution in [-0.2, 0) is 0 Å². The standard InChI is InChI=1S/C11H10O.2C2H6/c1-8-5-6-10-9(7-8)3-2-4-11(10)12;2*1-2/h2-7,12H,1H3;2*1-2H3. The summed E-state index contributed by atoms with van der Waals surface area (Å²) in [6.45, 7) is 10.0. The predicted molar refractivity (Wildman–Crippen MR) is 73.0 cm³/mol. The summed E-state index contributed by atoms with van der Waals surface area (Å²) in [5, 5.41) is 11.5. The van der Waals surface area contributed by atoms with E-state index in [0.717, 1.165) is 10.8 Å². The van der Waals surface area contributed by atoms with Gasteiger partial charge in [-0.15, -0.1) is 0 Å². The molecule has 0 unspecified atom stereocenters. The van der Waals surface area contributed by atoms with Gasteiger partial charge in [-0.2, -0.15) is 0 Å². The first kappa shape index (κ1) is 14.5. The first-order chi connectivity index (χ1) is 7.77. The third kappa shape index (κ3) is 3.58. The number of benzene rings is 2. The molecule has 1 nitrogen and oxygen atoms in total. The summed E-state index contributed by atoms with van der Waals surface area (Å²) in [5.74, 6) is 0.354. The highest BCUT2D eigenvalue weighted by Crippen LogP contribution is 2.24. The van der Waals surface area contributed by atoms with Crippen LogP contribution in [0, 0.1) is 6.92 Å². The fourth-order valence-corrected chi connectivity index (χ4v) is 1.39. The zero-order chi connectivity index (χ0) is 12.6. The Bertz CT molecular complexity index is 419. The minimum atomic E-state index is 0.354. The fourth-order valence-electron chi connectivity index (χ4n) is 1.39. The molecule has 0 fully saturated rings. The van der Waals surface area contributed by atoms with Gasteiger partial charge in [0.15, 0.2) is 0 Å². The number of phenolic OH excluding ortho intramolecular Hbond substituents is 1. The summed E-state index contributed by atoms with van der Waals surface area (Å²) < 4.78 is 0. The lowest BCUT2D eigenvalue weighted by Crippen LogP contribution is -1.75.